The third-order valence-corrected chi connectivity index (χ3v) is 5.02. The summed E-state index contributed by atoms with van der Waals surface area (Å²) in [6.07, 6.45) is 1.58. The highest BCUT2D eigenvalue weighted by atomic mass is 35.5. The lowest BCUT2D eigenvalue weighted by molar-refractivity contribution is 0.391. The Morgan fingerprint density at radius 3 is 2.62 bits per heavy atom. The number of amidine groups is 1. The van der Waals surface area contributed by atoms with Crippen molar-refractivity contribution >= 4 is 34.3 Å². The number of halogens is 1. The second-order valence-electron chi connectivity index (χ2n) is 5.17. The van der Waals surface area contributed by atoms with Gasteiger partial charge in [0, 0.05) is 37.6 Å². The van der Waals surface area contributed by atoms with Crippen molar-refractivity contribution in [1.82, 2.24) is 9.88 Å². The average Bonchev–Trinajstić information content (AvgIpc) is 2.94. The molecule has 3 rings (SSSR count). The van der Waals surface area contributed by atoms with Gasteiger partial charge >= 0.3 is 0 Å². The fraction of sp³-hybridized carbons (Fsp3) is 0.500. The molecule has 21 heavy (non-hydrogen) atoms. The molecule has 0 radical (unpaired) electrons. The van der Waals surface area contributed by atoms with Crippen molar-refractivity contribution in [3.05, 3.63) is 22.8 Å². The van der Waals surface area contributed by atoms with Gasteiger partial charge in [-0.25, -0.2) is 4.98 Å². The molecule has 3 heterocycles. The van der Waals surface area contributed by atoms with Gasteiger partial charge in [-0.05, 0) is 6.07 Å². The van der Waals surface area contributed by atoms with Gasteiger partial charge in [-0.15, -0.1) is 0 Å². The van der Waals surface area contributed by atoms with Crippen LogP contribution in [0.5, 0.6) is 0 Å². The highest BCUT2D eigenvalue weighted by Gasteiger charge is 2.25. The van der Waals surface area contributed by atoms with Crippen molar-refractivity contribution in [2.45, 2.75) is 12.2 Å². The molecule has 1 fully saturated rings. The molecule has 0 saturated carbocycles. The van der Waals surface area contributed by atoms with E-state index in [0.717, 1.165) is 38.5 Å². The van der Waals surface area contributed by atoms with Gasteiger partial charge in [0.2, 0.25) is 0 Å². The molecule has 1 saturated heterocycles. The van der Waals surface area contributed by atoms with E-state index in [2.05, 4.69) is 32.8 Å². The van der Waals surface area contributed by atoms with Crippen LogP contribution in [0.15, 0.2) is 17.3 Å². The summed E-state index contributed by atoms with van der Waals surface area (Å²) in [6.45, 7) is 6.72. The van der Waals surface area contributed by atoms with E-state index in [9.17, 15) is 0 Å². The number of aromatic nitrogens is 1. The summed E-state index contributed by atoms with van der Waals surface area (Å²) >= 11 is 8.08. The largest absolute Gasteiger partial charge is 0.352 e. The molecule has 0 N–H and O–H groups in total. The minimum Gasteiger partial charge on any atom is -0.352 e. The van der Waals surface area contributed by atoms with E-state index < -0.39 is 0 Å². The van der Waals surface area contributed by atoms with Crippen LogP contribution in [-0.4, -0.2) is 53.0 Å². The first-order chi connectivity index (χ1) is 10.2. The Bertz CT molecular complexity index is 604. The summed E-state index contributed by atoms with van der Waals surface area (Å²) in [5.41, 5.74) is 0.494. The van der Waals surface area contributed by atoms with Crippen LogP contribution < -0.4 is 4.90 Å². The van der Waals surface area contributed by atoms with Crippen LogP contribution in [0.25, 0.3) is 0 Å². The number of piperazine rings is 1. The number of nitrogens with zero attached hydrogens (tertiary/aromatic N) is 5. The highest BCUT2D eigenvalue weighted by Crippen LogP contribution is 2.27. The number of rotatable bonds is 1. The average molecular weight is 322 g/mol. The number of anilines is 1. The van der Waals surface area contributed by atoms with Crippen molar-refractivity contribution in [3.8, 4) is 6.07 Å². The van der Waals surface area contributed by atoms with Crippen molar-refractivity contribution in [2.24, 2.45) is 4.99 Å². The Hall–Kier alpha value is -1.45. The van der Waals surface area contributed by atoms with Crippen LogP contribution in [-0.2, 0) is 0 Å². The van der Waals surface area contributed by atoms with Gasteiger partial charge in [-0.2, -0.15) is 5.26 Å². The molecule has 5 nitrogen and oxygen atoms in total. The van der Waals surface area contributed by atoms with Gasteiger partial charge in [-0.1, -0.05) is 30.3 Å². The van der Waals surface area contributed by atoms with E-state index in [-0.39, 0.29) is 0 Å². The van der Waals surface area contributed by atoms with Crippen molar-refractivity contribution in [1.29, 1.82) is 5.26 Å². The summed E-state index contributed by atoms with van der Waals surface area (Å²) in [5, 5.41) is 11.2. The Morgan fingerprint density at radius 1 is 1.33 bits per heavy atom. The van der Waals surface area contributed by atoms with Gasteiger partial charge in [0.1, 0.15) is 11.9 Å². The smallest absolute Gasteiger partial charge is 0.159 e. The summed E-state index contributed by atoms with van der Waals surface area (Å²) in [6, 6.07) is 3.73. The Kier molecular flexibility index (Phi) is 4.22. The van der Waals surface area contributed by atoms with E-state index in [1.54, 1.807) is 12.3 Å². The zero-order valence-corrected chi connectivity index (χ0v) is 13.4. The third kappa shape index (κ3) is 3.09. The normalized spacial score (nSPS) is 22.1. The molecule has 1 aromatic rings. The molecule has 1 aromatic heterocycles. The number of aliphatic imine (C=N–C) groups is 1. The fourth-order valence-electron chi connectivity index (χ4n) is 2.47. The Labute approximate surface area is 133 Å². The van der Waals surface area contributed by atoms with Crippen LogP contribution >= 0.6 is 23.4 Å². The minimum atomic E-state index is 0.494. The van der Waals surface area contributed by atoms with Gasteiger partial charge in [0.15, 0.2) is 5.17 Å². The first-order valence-electron chi connectivity index (χ1n) is 6.94. The number of hydrogen-bond donors (Lipinski definition) is 0. The number of thioether (sulfide) groups is 1. The van der Waals surface area contributed by atoms with E-state index in [1.165, 1.54) is 5.17 Å². The second-order valence-corrected chi connectivity index (χ2v) is 6.98. The van der Waals surface area contributed by atoms with Crippen molar-refractivity contribution in [2.75, 3.05) is 37.6 Å². The topological polar surface area (TPSA) is 55.5 Å². The molecule has 2 aliphatic rings. The van der Waals surface area contributed by atoms with Gasteiger partial charge in [0.25, 0.3) is 0 Å². The van der Waals surface area contributed by atoms with E-state index >= 15 is 0 Å². The summed E-state index contributed by atoms with van der Waals surface area (Å²) in [7, 11) is 0. The van der Waals surface area contributed by atoms with Crippen molar-refractivity contribution < 1.29 is 0 Å². The van der Waals surface area contributed by atoms with E-state index in [4.69, 9.17) is 16.9 Å². The van der Waals surface area contributed by atoms with Crippen LogP contribution in [0.3, 0.4) is 0 Å². The molecule has 1 atom stereocenters. The minimum absolute atomic E-state index is 0.494. The third-order valence-electron chi connectivity index (χ3n) is 3.59. The lowest BCUT2D eigenvalue weighted by Crippen LogP contribution is -2.48. The first kappa shape index (κ1) is 14.5. The molecule has 110 valence electrons. The van der Waals surface area contributed by atoms with Crippen LogP contribution in [0, 0.1) is 11.3 Å². The highest BCUT2D eigenvalue weighted by molar-refractivity contribution is 8.14. The molecular formula is C14H16ClN5S. The number of pyridine rings is 1. The molecular weight excluding hydrogens is 306 g/mol. The SMILES string of the molecule is C[C@H]1CN=C(N2CCN(c3ncc(C#N)cc3Cl)CC2)S1. The molecule has 0 aliphatic carbocycles. The standard InChI is InChI=1S/C14H16ClN5S/c1-10-8-18-14(21-10)20-4-2-19(3-5-20)13-12(15)6-11(7-16)9-17-13/h6,9-10H,2-5,8H2,1H3/t10-/m0/s1. The number of hydrogen-bond acceptors (Lipinski definition) is 6. The maximum absolute atomic E-state index is 8.86. The monoisotopic (exact) mass is 321 g/mol. The van der Waals surface area contributed by atoms with E-state index in [0.29, 0.717) is 15.8 Å². The summed E-state index contributed by atoms with van der Waals surface area (Å²) in [4.78, 5) is 13.4. The van der Waals surface area contributed by atoms with Gasteiger partial charge in [0.05, 0.1) is 17.1 Å². The molecule has 0 bridgehead atoms. The Balaban J connectivity index is 1.65. The molecule has 2 aliphatic heterocycles. The molecule has 0 spiro atoms. The van der Waals surface area contributed by atoms with E-state index in [1.807, 2.05) is 11.8 Å². The van der Waals surface area contributed by atoms with Gasteiger partial charge < -0.3 is 9.80 Å². The lowest BCUT2D eigenvalue weighted by Gasteiger charge is -2.36. The maximum atomic E-state index is 8.86. The molecule has 0 unspecified atom stereocenters. The lowest BCUT2D eigenvalue weighted by atomic mass is 10.2. The predicted octanol–water partition coefficient (Wildman–Crippen LogP) is 2.22. The quantitative estimate of drug-likeness (QED) is 0.794. The Morgan fingerprint density at radius 2 is 2.05 bits per heavy atom. The molecule has 7 heteroatoms. The predicted molar refractivity (Wildman–Crippen MR) is 87.1 cm³/mol. The molecule has 0 aromatic carbocycles. The zero-order chi connectivity index (χ0) is 14.8. The number of nitriles is 1. The van der Waals surface area contributed by atoms with Crippen LogP contribution in [0.4, 0.5) is 5.82 Å². The van der Waals surface area contributed by atoms with Crippen molar-refractivity contribution in [3.63, 3.8) is 0 Å². The fourth-order valence-corrected chi connectivity index (χ4v) is 3.75. The summed E-state index contributed by atoms with van der Waals surface area (Å²) < 4.78 is 0. The van der Waals surface area contributed by atoms with Gasteiger partial charge in [-0.3, -0.25) is 4.99 Å². The second kappa shape index (κ2) is 6.12. The first-order valence-corrected chi connectivity index (χ1v) is 8.20. The van der Waals surface area contributed by atoms with Crippen LogP contribution in [0.1, 0.15) is 12.5 Å². The summed E-state index contributed by atoms with van der Waals surface area (Å²) in [5.74, 6) is 0.768. The zero-order valence-electron chi connectivity index (χ0n) is 11.8. The molecule has 0 amide bonds. The van der Waals surface area contributed by atoms with Crippen LogP contribution in [0.2, 0.25) is 5.02 Å². The maximum Gasteiger partial charge on any atom is 0.159 e.